The van der Waals surface area contributed by atoms with Crippen LogP contribution in [0.5, 0.6) is 5.75 Å². The van der Waals surface area contributed by atoms with Crippen molar-refractivity contribution in [3.8, 4) is 5.75 Å². The Morgan fingerprint density at radius 2 is 1.79 bits per heavy atom. The summed E-state index contributed by atoms with van der Waals surface area (Å²) in [5, 5.41) is 5.51. The van der Waals surface area contributed by atoms with E-state index in [2.05, 4.69) is 10.6 Å². The maximum atomic E-state index is 12.6. The Balaban J connectivity index is 1.48. The third-order valence-electron chi connectivity index (χ3n) is 4.24. The Hall–Kier alpha value is -2.14. The fourth-order valence-electron chi connectivity index (χ4n) is 2.66. The van der Waals surface area contributed by atoms with Crippen LogP contribution in [0.25, 0.3) is 0 Å². The number of amides is 2. The largest absolute Gasteiger partial charge is 0.497 e. The molecule has 0 atom stereocenters. The van der Waals surface area contributed by atoms with Gasteiger partial charge in [0.25, 0.3) is 10.0 Å². The number of hydrogen-bond acceptors (Lipinski definition) is 6. The Kier molecular flexibility index (Phi) is 6.89. The SMILES string of the molecule is COc1ccc(CNC(=O)NCc2ccc(S(=O)(=O)N3CCOCC3)s2)cc1. The first-order valence-electron chi connectivity index (χ1n) is 8.80. The third-order valence-corrected chi connectivity index (χ3v) is 7.69. The van der Waals surface area contributed by atoms with E-state index in [1.165, 1.54) is 15.6 Å². The van der Waals surface area contributed by atoms with Crippen molar-refractivity contribution >= 4 is 27.4 Å². The summed E-state index contributed by atoms with van der Waals surface area (Å²) in [5.41, 5.74) is 0.950. The number of ether oxygens (including phenoxy) is 2. The molecular formula is C18H23N3O5S2. The Labute approximate surface area is 168 Å². The molecule has 2 heterocycles. The molecule has 0 unspecified atom stereocenters. The summed E-state index contributed by atoms with van der Waals surface area (Å²) in [7, 11) is -1.90. The van der Waals surface area contributed by atoms with Crippen LogP contribution in [-0.2, 0) is 27.8 Å². The topological polar surface area (TPSA) is 97.0 Å². The molecule has 0 aliphatic carbocycles. The maximum absolute atomic E-state index is 12.6. The predicted octanol–water partition coefficient (Wildman–Crippen LogP) is 1.78. The van der Waals surface area contributed by atoms with Gasteiger partial charge in [0.1, 0.15) is 9.96 Å². The molecule has 28 heavy (non-hydrogen) atoms. The molecule has 2 N–H and O–H groups in total. The number of rotatable bonds is 7. The highest BCUT2D eigenvalue weighted by molar-refractivity contribution is 7.91. The second-order valence-electron chi connectivity index (χ2n) is 6.12. The number of carbonyl (C=O) groups is 1. The van der Waals surface area contributed by atoms with Crippen molar-refractivity contribution in [3.05, 3.63) is 46.8 Å². The van der Waals surface area contributed by atoms with Gasteiger partial charge in [0.05, 0.1) is 26.9 Å². The molecule has 0 radical (unpaired) electrons. The molecule has 0 bridgehead atoms. The van der Waals surface area contributed by atoms with Crippen LogP contribution >= 0.6 is 11.3 Å². The highest BCUT2D eigenvalue weighted by atomic mass is 32.2. The number of nitrogens with one attached hydrogen (secondary N) is 2. The van der Waals surface area contributed by atoms with Crippen LogP contribution in [0.1, 0.15) is 10.4 Å². The normalized spacial score (nSPS) is 15.2. The van der Waals surface area contributed by atoms with Crippen molar-refractivity contribution in [2.24, 2.45) is 0 Å². The van der Waals surface area contributed by atoms with Gasteiger partial charge in [-0.05, 0) is 29.8 Å². The van der Waals surface area contributed by atoms with E-state index in [1.54, 1.807) is 19.2 Å². The molecule has 10 heteroatoms. The highest BCUT2D eigenvalue weighted by Gasteiger charge is 2.27. The minimum atomic E-state index is -3.50. The summed E-state index contributed by atoms with van der Waals surface area (Å²) in [6, 6.07) is 10.4. The number of hydrogen-bond donors (Lipinski definition) is 2. The summed E-state index contributed by atoms with van der Waals surface area (Å²) >= 11 is 1.17. The lowest BCUT2D eigenvalue weighted by Gasteiger charge is -2.25. The van der Waals surface area contributed by atoms with Gasteiger partial charge in [-0.1, -0.05) is 12.1 Å². The molecule has 1 saturated heterocycles. The van der Waals surface area contributed by atoms with Gasteiger partial charge in [-0.25, -0.2) is 13.2 Å². The predicted molar refractivity (Wildman–Crippen MR) is 106 cm³/mol. The van der Waals surface area contributed by atoms with Crippen molar-refractivity contribution < 1.29 is 22.7 Å². The number of thiophene rings is 1. The molecule has 3 rings (SSSR count). The van der Waals surface area contributed by atoms with Gasteiger partial charge in [0.2, 0.25) is 0 Å². The van der Waals surface area contributed by atoms with Gasteiger partial charge in [-0.15, -0.1) is 11.3 Å². The van der Waals surface area contributed by atoms with Crippen LogP contribution in [-0.4, -0.2) is 52.2 Å². The number of sulfonamides is 1. The third kappa shape index (κ3) is 5.22. The van der Waals surface area contributed by atoms with Gasteiger partial charge in [-0.2, -0.15) is 4.31 Å². The smallest absolute Gasteiger partial charge is 0.315 e. The summed E-state index contributed by atoms with van der Waals surface area (Å²) < 4.78 is 37.2. The van der Waals surface area contributed by atoms with Gasteiger partial charge in [-0.3, -0.25) is 0 Å². The Morgan fingerprint density at radius 3 is 2.46 bits per heavy atom. The molecule has 1 fully saturated rings. The van der Waals surface area contributed by atoms with Crippen LogP contribution in [0.15, 0.2) is 40.6 Å². The lowest BCUT2D eigenvalue weighted by atomic mass is 10.2. The van der Waals surface area contributed by atoms with Crippen LogP contribution in [0, 0.1) is 0 Å². The summed E-state index contributed by atoms with van der Waals surface area (Å²) in [6.07, 6.45) is 0. The lowest BCUT2D eigenvalue weighted by molar-refractivity contribution is 0.0731. The van der Waals surface area contributed by atoms with Gasteiger partial charge in [0, 0.05) is 24.5 Å². The van der Waals surface area contributed by atoms with Crippen molar-refractivity contribution in [3.63, 3.8) is 0 Å². The fourth-order valence-corrected chi connectivity index (χ4v) is 5.52. The zero-order chi connectivity index (χ0) is 20.0. The van der Waals surface area contributed by atoms with Gasteiger partial charge >= 0.3 is 6.03 Å². The summed E-state index contributed by atoms with van der Waals surface area (Å²) in [4.78, 5) is 12.8. The van der Waals surface area contributed by atoms with Crippen LogP contribution < -0.4 is 15.4 Å². The highest BCUT2D eigenvalue weighted by Crippen LogP contribution is 2.25. The van der Waals surface area contributed by atoms with Crippen LogP contribution in [0.2, 0.25) is 0 Å². The zero-order valence-corrected chi connectivity index (χ0v) is 17.1. The second-order valence-corrected chi connectivity index (χ2v) is 9.45. The second kappa shape index (κ2) is 9.37. The molecule has 1 aromatic carbocycles. The van der Waals surface area contributed by atoms with Gasteiger partial charge < -0.3 is 20.1 Å². The van der Waals surface area contributed by atoms with Crippen molar-refractivity contribution in [1.82, 2.24) is 14.9 Å². The fraction of sp³-hybridized carbons (Fsp3) is 0.389. The molecule has 0 spiro atoms. The molecule has 1 aliphatic rings. The first kappa shape index (κ1) is 20.6. The van der Waals surface area contributed by atoms with Crippen molar-refractivity contribution in [1.29, 1.82) is 0 Å². The summed E-state index contributed by atoms with van der Waals surface area (Å²) in [5.74, 6) is 0.758. The average Bonchev–Trinajstić information content (AvgIpc) is 3.22. The monoisotopic (exact) mass is 425 g/mol. The minimum Gasteiger partial charge on any atom is -0.497 e. The number of morpholine rings is 1. The number of benzene rings is 1. The van der Waals surface area contributed by atoms with Crippen molar-refractivity contribution in [2.45, 2.75) is 17.3 Å². The molecule has 8 nitrogen and oxygen atoms in total. The van der Waals surface area contributed by atoms with E-state index >= 15 is 0 Å². The molecular weight excluding hydrogens is 402 g/mol. The van der Waals surface area contributed by atoms with Crippen molar-refractivity contribution in [2.75, 3.05) is 33.4 Å². The van der Waals surface area contributed by atoms with Crippen LogP contribution in [0.4, 0.5) is 4.79 Å². The Morgan fingerprint density at radius 1 is 1.11 bits per heavy atom. The van der Waals surface area contributed by atoms with E-state index in [0.29, 0.717) is 32.8 Å². The maximum Gasteiger partial charge on any atom is 0.315 e. The van der Waals surface area contributed by atoms with Gasteiger partial charge in [0.15, 0.2) is 0 Å². The minimum absolute atomic E-state index is 0.262. The molecule has 0 saturated carbocycles. The molecule has 1 aromatic heterocycles. The van der Waals surface area contributed by atoms with E-state index in [9.17, 15) is 13.2 Å². The van der Waals surface area contributed by atoms with E-state index < -0.39 is 10.0 Å². The zero-order valence-electron chi connectivity index (χ0n) is 15.5. The molecule has 1 aliphatic heterocycles. The van der Waals surface area contributed by atoms with E-state index in [1.807, 2.05) is 24.3 Å². The van der Waals surface area contributed by atoms with E-state index in [-0.39, 0.29) is 16.8 Å². The quantitative estimate of drug-likeness (QED) is 0.705. The number of urea groups is 1. The summed E-state index contributed by atoms with van der Waals surface area (Å²) in [6.45, 7) is 2.19. The van der Waals surface area contributed by atoms with Crippen LogP contribution in [0.3, 0.4) is 0 Å². The molecule has 2 amide bonds. The molecule has 152 valence electrons. The van der Waals surface area contributed by atoms with E-state index in [4.69, 9.17) is 9.47 Å². The standard InChI is InChI=1S/C18H23N3O5S2/c1-25-15-4-2-14(3-5-15)12-19-18(22)20-13-16-6-7-17(27-16)28(23,24)21-8-10-26-11-9-21/h2-7H,8-13H2,1H3,(H2,19,20,22). The Bertz CT molecular complexity index is 890. The number of nitrogens with zero attached hydrogens (tertiary/aromatic N) is 1. The average molecular weight is 426 g/mol. The lowest BCUT2D eigenvalue weighted by Crippen LogP contribution is -2.40. The molecule has 2 aromatic rings. The first-order valence-corrected chi connectivity index (χ1v) is 11.1. The van der Waals surface area contributed by atoms with E-state index in [0.717, 1.165) is 16.2 Å². The number of methoxy groups -OCH3 is 1. The first-order chi connectivity index (χ1) is 13.5. The number of carbonyl (C=O) groups excluding carboxylic acids is 1.